The van der Waals surface area contributed by atoms with Crippen molar-refractivity contribution in [1.82, 2.24) is 20.0 Å². The van der Waals surface area contributed by atoms with Gasteiger partial charge in [0.1, 0.15) is 5.82 Å². The van der Waals surface area contributed by atoms with E-state index >= 15 is 0 Å². The molecule has 1 atom stereocenters. The Morgan fingerprint density at radius 1 is 1.46 bits per heavy atom. The minimum absolute atomic E-state index is 0.144. The van der Waals surface area contributed by atoms with Gasteiger partial charge in [-0.15, -0.1) is 0 Å². The van der Waals surface area contributed by atoms with Crippen LogP contribution in [-0.4, -0.2) is 26.8 Å². The highest BCUT2D eigenvalue weighted by atomic mass is 19.1. The van der Waals surface area contributed by atoms with Crippen molar-refractivity contribution in [3.63, 3.8) is 0 Å². The molecule has 0 unspecified atom stereocenters. The molecule has 5 nitrogen and oxygen atoms in total. The highest BCUT2D eigenvalue weighted by Gasteiger charge is 2.30. The second-order valence-corrected chi connectivity index (χ2v) is 6.42. The maximum atomic E-state index is 14.0. The van der Waals surface area contributed by atoms with Crippen LogP contribution >= 0.6 is 0 Å². The number of carbonyl (C=O) groups excluding carboxylic acids is 1. The van der Waals surface area contributed by atoms with Crippen LogP contribution in [0.3, 0.4) is 0 Å². The molecule has 0 radical (unpaired) electrons. The monoisotopic (exact) mass is 330 g/mol. The average molecular weight is 330 g/mol. The first-order valence-electron chi connectivity index (χ1n) is 8.33. The van der Waals surface area contributed by atoms with Gasteiger partial charge in [-0.1, -0.05) is 18.2 Å². The number of rotatable bonds is 5. The molecule has 1 aliphatic carbocycles. The molecular weight excluding hydrogens is 307 g/mol. The largest absolute Gasteiger partial charge is 0.331 e. The summed E-state index contributed by atoms with van der Waals surface area (Å²) in [6, 6.07) is 6.52. The molecule has 1 N–H and O–H groups in total. The Morgan fingerprint density at radius 3 is 2.79 bits per heavy atom. The van der Waals surface area contributed by atoms with Crippen LogP contribution in [-0.2, 0) is 13.6 Å². The molecule has 1 heterocycles. The molecule has 1 aromatic heterocycles. The van der Waals surface area contributed by atoms with Crippen molar-refractivity contribution in [2.75, 3.05) is 0 Å². The molecule has 1 fully saturated rings. The van der Waals surface area contributed by atoms with E-state index in [1.165, 1.54) is 6.07 Å². The van der Waals surface area contributed by atoms with E-state index in [0.29, 0.717) is 12.1 Å². The van der Waals surface area contributed by atoms with Gasteiger partial charge in [0.15, 0.2) is 0 Å². The molecule has 128 valence electrons. The fraction of sp³-hybridized carbons (Fsp3) is 0.444. The summed E-state index contributed by atoms with van der Waals surface area (Å²) in [6.07, 6.45) is 6.70. The molecule has 1 saturated carbocycles. The van der Waals surface area contributed by atoms with Crippen molar-refractivity contribution < 1.29 is 9.18 Å². The molecule has 0 saturated heterocycles. The number of carbonyl (C=O) groups is 1. The highest BCUT2D eigenvalue weighted by molar-refractivity contribution is 5.75. The first-order valence-corrected chi connectivity index (χ1v) is 8.33. The zero-order valence-electron chi connectivity index (χ0n) is 14.1. The van der Waals surface area contributed by atoms with E-state index in [0.717, 1.165) is 24.8 Å². The zero-order valence-corrected chi connectivity index (χ0v) is 14.1. The lowest BCUT2D eigenvalue weighted by Crippen LogP contribution is -2.49. The maximum absolute atomic E-state index is 14.0. The molecule has 3 rings (SSSR count). The third kappa shape index (κ3) is 3.58. The molecule has 1 aromatic carbocycles. The fourth-order valence-electron chi connectivity index (χ4n) is 2.89. The van der Waals surface area contributed by atoms with Gasteiger partial charge >= 0.3 is 6.03 Å². The van der Waals surface area contributed by atoms with E-state index in [2.05, 4.69) is 10.4 Å². The van der Waals surface area contributed by atoms with Crippen molar-refractivity contribution in [2.45, 2.75) is 44.8 Å². The number of hydrogen-bond acceptors (Lipinski definition) is 2. The third-order valence-corrected chi connectivity index (χ3v) is 4.64. The second-order valence-electron chi connectivity index (χ2n) is 6.42. The van der Waals surface area contributed by atoms with Crippen LogP contribution < -0.4 is 5.32 Å². The van der Waals surface area contributed by atoms with Gasteiger partial charge in [-0.05, 0) is 32.3 Å². The number of hydrogen-bond donors (Lipinski definition) is 1. The van der Waals surface area contributed by atoms with Crippen molar-refractivity contribution in [2.24, 2.45) is 7.05 Å². The van der Waals surface area contributed by atoms with Gasteiger partial charge in [-0.25, -0.2) is 9.18 Å². The van der Waals surface area contributed by atoms with E-state index in [1.807, 2.05) is 20.2 Å². The summed E-state index contributed by atoms with van der Waals surface area (Å²) in [4.78, 5) is 14.5. The lowest BCUT2D eigenvalue weighted by molar-refractivity contribution is 0.130. The summed E-state index contributed by atoms with van der Waals surface area (Å²) >= 11 is 0. The van der Waals surface area contributed by atoms with E-state index < -0.39 is 0 Å². The van der Waals surface area contributed by atoms with Crippen LogP contribution in [0.5, 0.6) is 0 Å². The highest BCUT2D eigenvalue weighted by Crippen LogP contribution is 2.27. The van der Waals surface area contributed by atoms with Gasteiger partial charge in [0.25, 0.3) is 0 Å². The van der Waals surface area contributed by atoms with Gasteiger partial charge in [0, 0.05) is 30.4 Å². The van der Waals surface area contributed by atoms with Gasteiger partial charge < -0.3 is 10.2 Å². The minimum Gasteiger partial charge on any atom is -0.331 e. The molecule has 24 heavy (non-hydrogen) atoms. The summed E-state index contributed by atoms with van der Waals surface area (Å²) in [5, 5.41) is 7.14. The van der Waals surface area contributed by atoms with E-state index in [-0.39, 0.29) is 23.9 Å². The van der Waals surface area contributed by atoms with Crippen LogP contribution in [0.1, 0.15) is 43.4 Å². The molecule has 0 aliphatic heterocycles. The van der Waals surface area contributed by atoms with Gasteiger partial charge in [0.05, 0.1) is 18.8 Å². The first-order chi connectivity index (χ1) is 11.5. The van der Waals surface area contributed by atoms with Crippen molar-refractivity contribution in [3.8, 4) is 0 Å². The topological polar surface area (TPSA) is 50.2 Å². The van der Waals surface area contributed by atoms with E-state index in [1.54, 1.807) is 34.0 Å². The smallest absolute Gasteiger partial charge is 0.318 e. The SMILES string of the molecule is C[C@@H](NC(=O)N(Cc1ccccc1F)C1CCC1)c1cnn(C)c1. The predicted octanol–water partition coefficient (Wildman–Crippen LogP) is 3.38. The molecule has 1 aliphatic rings. The van der Waals surface area contributed by atoms with Crippen molar-refractivity contribution >= 4 is 6.03 Å². The van der Waals surface area contributed by atoms with Crippen molar-refractivity contribution in [3.05, 3.63) is 53.6 Å². The lowest BCUT2D eigenvalue weighted by atomic mass is 9.91. The summed E-state index contributed by atoms with van der Waals surface area (Å²) < 4.78 is 15.7. The normalized spacial score (nSPS) is 15.6. The maximum Gasteiger partial charge on any atom is 0.318 e. The van der Waals surface area contributed by atoms with Crippen LogP contribution in [0.15, 0.2) is 36.7 Å². The number of urea groups is 1. The Hall–Kier alpha value is -2.37. The Kier molecular flexibility index (Phi) is 4.83. The van der Waals surface area contributed by atoms with E-state index in [4.69, 9.17) is 0 Å². The Balaban J connectivity index is 1.71. The number of amides is 2. The fourth-order valence-corrected chi connectivity index (χ4v) is 2.89. The van der Waals surface area contributed by atoms with Gasteiger partial charge in [-0.2, -0.15) is 5.10 Å². The van der Waals surface area contributed by atoms with Crippen LogP contribution in [0, 0.1) is 5.82 Å². The number of benzene rings is 1. The summed E-state index contributed by atoms with van der Waals surface area (Å²) in [6.45, 7) is 2.22. The molecule has 2 aromatic rings. The van der Waals surface area contributed by atoms with Crippen LogP contribution in [0.25, 0.3) is 0 Å². The number of nitrogens with zero attached hydrogens (tertiary/aromatic N) is 3. The van der Waals surface area contributed by atoms with E-state index in [9.17, 15) is 9.18 Å². The Morgan fingerprint density at radius 2 is 2.21 bits per heavy atom. The quantitative estimate of drug-likeness (QED) is 0.913. The number of nitrogens with one attached hydrogen (secondary N) is 1. The van der Waals surface area contributed by atoms with Gasteiger partial charge in [-0.3, -0.25) is 4.68 Å². The molecule has 0 bridgehead atoms. The standard InChI is InChI=1S/C18H23FN4O/c1-13(15-10-20-22(2)11-15)21-18(24)23(16-7-5-8-16)12-14-6-3-4-9-17(14)19/h3-4,6,9-11,13,16H,5,7-8,12H2,1-2H3,(H,21,24)/t13-/m1/s1. The van der Waals surface area contributed by atoms with Crippen molar-refractivity contribution in [1.29, 1.82) is 0 Å². The second kappa shape index (κ2) is 7.03. The first kappa shape index (κ1) is 16.5. The summed E-state index contributed by atoms with van der Waals surface area (Å²) in [7, 11) is 1.84. The number of halogens is 1. The molecule has 0 spiro atoms. The summed E-state index contributed by atoms with van der Waals surface area (Å²) in [5.41, 5.74) is 1.50. The Labute approximate surface area is 141 Å². The van der Waals surface area contributed by atoms with Crippen LogP contribution in [0.2, 0.25) is 0 Å². The summed E-state index contributed by atoms with van der Waals surface area (Å²) in [5.74, 6) is -0.269. The van der Waals surface area contributed by atoms with Crippen LogP contribution in [0.4, 0.5) is 9.18 Å². The van der Waals surface area contributed by atoms with Gasteiger partial charge in [0.2, 0.25) is 0 Å². The molecular formula is C18H23FN4O. The number of aryl methyl sites for hydroxylation is 1. The third-order valence-electron chi connectivity index (χ3n) is 4.64. The molecule has 2 amide bonds. The average Bonchev–Trinajstić information content (AvgIpc) is 2.93. The lowest BCUT2D eigenvalue weighted by Gasteiger charge is -2.38. The number of aromatic nitrogens is 2. The predicted molar refractivity (Wildman–Crippen MR) is 89.7 cm³/mol. The Bertz CT molecular complexity index is 711. The molecule has 6 heteroatoms. The zero-order chi connectivity index (χ0) is 17.1. The minimum atomic E-state index is -0.269.